The monoisotopic (exact) mass is 291 g/mol. The van der Waals surface area contributed by atoms with E-state index in [0.29, 0.717) is 17.5 Å². The molecule has 0 unspecified atom stereocenters. The van der Waals surface area contributed by atoms with E-state index in [-0.39, 0.29) is 0 Å². The summed E-state index contributed by atoms with van der Waals surface area (Å²) >= 11 is 6.04. The smallest absolute Gasteiger partial charge is 0.137 e. The van der Waals surface area contributed by atoms with Gasteiger partial charge in [0.15, 0.2) is 0 Å². The number of ether oxygens (including phenoxy) is 1. The maximum absolute atomic E-state index is 6.04. The van der Waals surface area contributed by atoms with Gasteiger partial charge in [0.25, 0.3) is 0 Å². The number of benzene rings is 1. The lowest BCUT2D eigenvalue weighted by Crippen LogP contribution is -2.08. The molecule has 3 rings (SSSR count). The number of nitrogens with one attached hydrogen (secondary N) is 2. The van der Waals surface area contributed by atoms with Gasteiger partial charge in [0.2, 0.25) is 0 Å². The van der Waals surface area contributed by atoms with Crippen LogP contribution in [0.3, 0.4) is 0 Å². The molecule has 1 saturated heterocycles. The van der Waals surface area contributed by atoms with E-state index in [9.17, 15) is 0 Å². The molecule has 2 N–H and O–H groups in total. The second-order valence-corrected chi connectivity index (χ2v) is 5.44. The number of para-hydroxylation sites is 1. The van der Waals surface area contributed by atoms with Gasteiger partial charge in [-0.1, -0.05) is 23.7 Å². The minimum Gasteiger partial charge on any atom is -0.492 e. The summed E-state index contributed by atoms with van der Waals surface area (Å²) in [5.74, 6) is 1.28. The maximum Gasteiger partial charge on any atom is 0.137 e. The average Bonchev–Trinajstić information content (AvgIpc) is 3.11. The van der Waals surface area contributed by atoms with Crippen molar-refractivity contribution in [2.75, 3.05) is 19.7 Å². The number of aromatic amines is 1. The molecule has 1 aromatic heterocycles. The molecule has 1 aliphatic rings. The predicted octanol–water partition coefficient (Wildman–Crippen LogP) is 2.76. The van der Waals surface area contributed by atoms with Gasteiger partial charge >= 0.3 is 0 Å². The number of rotatable bonds is 5. The zero-order valence-electron chi connectivity index (χ0n) is 11.2. The molecule has 4 nitrogen and oxygen atoms in total. The van der Waals surface area contributed by atoms with Crippen LogP contribution in [0.5, 0.6) is 5.75 Å². The van der Waals surface area contributed by atoms with Crippen LogP contribution in [0.15, 0.2) is 30.3 Å². The third-order valence-corrected chi connectivity index (χ3v) is 3.91. The Morgan fingerprint density at radius 2 is 2.25 bits per heavy atom. The van der Waals surface area contributed by atoms with Crippen molar-refractivity contribution in [3.8, 4) is 5.75 Å². The second-order valence-electron chi connectivity index (χ2n) is 5.04. The highest BCUT2D eigenvalue weighted by molar-refractivity contribution is 6.32. The molecule has 0 spiro atoms. The molecule has 1 aromatic carbocycles. The Hall–Kier alpha value is -1.52. The molecular weight excluding hydrogens is 274 g/mol. The first kappa shape index (κ1) is 13.5. The Morgan fingerprint density at radius 1 is 1.35 bits per heavy atom. The quantitative estimate of drug-likeness (QED) is 0.890. The number of hydrogen-bond acceptors (Lipinski definition) is 3. The van der Waals surface area contributed by atoms with Crippen molar-refractivity contribution < 1.29 is 4.74 Å². The van der Waals surface area contributed by atoms with Crippen molar-refractivity contribution in [2.24, 2.45) is 0 Å². The Morgan fingerprint density at radius 3 is 3.05 bits per heavy atom. The highest BCUT2D eigenvalue weighted by Gasteiger charge is 2.19. The maximum atomic E-state index is 6.04. The fourth-order valence-corrected chi connectivity index (χ4v) is 2.65. The molecule has 2 aromatic rings. The fourth-order valence-electron chi connectivity index (χ4n) is 2.46. The fraction of sp³-hybridized carbons (Fsp3) is 0.400. The highest BCUT2D eigenvalue weighted by atomic mass is 35.5. The SMILES string of the molecule is Clc1ccccc1OCCc1cc([C@@H]2CCNC2)n[nH]1. The minimum atomic E-state index is 0.546. The van der Waals surface area contributed by atoms with E-state index < -0.39 is 0 Å². The summed E-state index contributed by atoms with van der Waals surface area (Å²) < 4.78 is 5.68. The molecular formula is C15H18ClN3O. The van der Waals surface area contributed by atoms with Gasteiger partial charge in [-0.15, -0.1) is 0 Å². The van der Waals surface area contributed by atoms with Gasteiger partial charge in [-0.25, -0.2) is 0 Å². The molecule has 106 valence electrons. The minimum absolute atomic E-state index is 0.546. The van der Waals surface area contributed by atoms with E-state index in [4.69, 9.17) is 16.3 Å². The first-order valence-electron chi connectivity index (χ1n) is 6.95. The van der Waals surface area contributed by atoms with Crippen molar-refractivity contribution in [3.05, 3.63) is 46.7 Å². The molecule has 0 saturated carbocycles. The summed E-state index contributed by atoms with van der Waals surface area (Å²) in [5, 5.41) is 11.5. The lowest BCUT2D eigenvalue weighted by Gasteiger charge is -2.06. The van der Waals surface area contributed by atoms with Crippen molar-refractivity contribution >= 4 is 11.6 Å². The molecule has 0 aliphatic carbocycles. The normalized spacial score (nSPS) is 18.4. The van der Waals surface area contributed by atoms with E-state index in [0.717, 1.165) is 36.6 Å². The number of halogens is 1. The van der Waals surface area contributed by atoms with Crippen LogP contribution >= 0.6 is 11.6 Å². The van der Waals surface area contributed by atoms with Crippen LogP contribution in [0.1, 0.15) is 23.7 Å². The van der Waals surface area contributed by atoms with Gasteiger partial charge in [0, 0.05) is 24.6 Å². The molecule has 1 atom stereocenters. The van der Waals surface area contributed by atoms with Gasteiger partial charge in [-0.3, -0.25) is 5.10 Å². The van der Waals surface area contributed by atoms with Gasteiger partial charge in [0.1, 0.15) is 5.75 Å². The molecule has 1 aliphatic heterocycles. The standard InChI is InChI=1S/C15H18ClN3O/c16-13-3-1-2-4-15(13)20-8-6-12-9-14(19-18-12)11-5-7-17-10-11/h1-4,9,11,17H,5-8,10H2,(H,18,19)/t11-/m1/s1. The summed E-state index contributed by atoms with van der Waals surface area (Å²) in [6.07, 6.45) is 1.97. The number of hydrogen-bond donors (Lipinski definition) is 2. The first-order valence-corrected chi connectivity index (χ1v) is 7.33. The molecule has 0 bridgehead atoms. The molecule has 2 heterocycles. The Kier molecular flexibility index (Phi) is 4.23. The predicted molar refractivity (Wildman–Crippen MR) is 79.5 cm³/mol. The number of nitrogens with zero attached hydrogens (tertiary/aromatic N) is 1. The van der Waals surface area contributed by atoms with Crippen molar-refractivity contribution in [3.63, 3.8) is 0 Å². The zero-order valence-corrected chi connectivity index (χ0v) is 12.0. The zero-order chi connectivity index (χ0) is 13.8. The molecule has 5 heteroatoms. The summed E-state index contributed by atoms with van der Waals surface area (Å²) in [5.41, 5.74) is 2.27. The van der Waals surface area contributed by atoms with Crippen LogP contribution in [0, 0.1) is 0 Å². The van der Waals surface area contributed by atoms with Gasteiger partial charge in [0.05, 0.1) is 17.3 Å². The van der Waals surface area contributed by atoms with E-state index in [1.807, 2.05) is 24.3 Å². The molecule has 20 heavy (non-hydrogen) atoms. The van der Waals surface area contributed by atoms with Crippen LogP contribution in [-0.2, 0) is 6.42 Å². The topological polar surface area (TPSA) is 49.9 Å². The van der Waals surface area contributed by atoms with Crippen LogP contribution in [0.25, 0.3) is 0 Å². The van der Waals surface area contributed by atoms with Crippen LogP contribution in [-0.4, -0.2) is 29.9 Å². The number of aromatic nitrogens is 2. The third-order valence-electron chi connectivity index (χ3n) is 3.59. The van der Waals surface area contributed by atoms with Gasteiger partial charge in [-0.2, -0.15) is 5.10 Å². The third kappa shape index (κ3) is 3.14. The molecule has 1 fully saturated rings. The summed E-state index contributed by atoms with van der Waals surface area (Å²) in [4.78, 5) is 0. The lowest BCUT2D eigenvalue weighted by molar-refractivity contribution is 0.320. The number of H-pyrrole nitrogens is 1. The molecule has 0 amide bonds. The second kappa shape index (κ2) is 6.29. The summed E-state index contributed by atoms with van der Waals surface area (Å²) in [6, 6.07) is 9.67. The first-order chi connectivity index (χ1) is 9.83. The Labute approximate surface area is 123 Å². The largest absolute Gasteiger partial charge is 0.492 e. The lowest BCUT2D eigenvalue weighted by atomic mass is 10.0. The van der Waals surface area contributed by atoms with E-state index in [1.165, 1.54) is 6.42 Å². The van der Waals surface area contributed by atoms with E-state index >= 15 is 0 Å². The van der Waals surface area contributed by atoms with Crippen LogP contribution in [0.2, 0.25) is 5.02 Å². The Bertz CT molecular complexity index is 564. The van der Waals surface area contributed by atoms with Crippen LogP contribution in [0.4, 0.5) is 0 Å². The summed E-state index contributed by atoms with van der Waals surface area (Å²) in [6.45, 7) is 2.71. The Balaban J connectivity index is 1.52. The van der Waals surface area contributed by atoms with Crippen LogP contribution < -0.4 is 10.1 Å². The molecule has 0 radical (unpaired) electrons. The van der Waals surface area contributed by atoms with Crippen molar-refractivity contribution in [1.29, 1.82) is 0 Å². The van der Waals surface area contributed by atoms with E-state index in [2.05, 4.69) is 21.6 Å². The van der Waals surface area contributed by atoms with Crippen molar-refractivity contribution in [2.45, 2.75) is 18.8 Å². The van der Waals surface area contributed by atoms with Crippen molar-refractivity contribution in [1.82, 2.24) is 15.5 Å². The van der Waals surface area contributed by atoms with Gasteiger partial charge in [-0.05, 0) is 31.2 Å². The van der Waals surface area contributed by atoms with Gasteiger partial charge < -0.3 is 10.1 Å². The average molecular weight is 292 g/mol. The van der Waals surface area contributed by atoms with E-state index in [1.54, 1.807) is 0 Å². The highest BCUT2D eigenvalue weighted by Crippen LogP contribution is 2.24. The summed E-state index contributed by atoms with van der Waals surface area (Å²) in [7, 11) is 0.